The Hall–Kier alpha value is -1.97. The van der Waals surface area contributed by atoms with Crippen LogP contribution in [0.3, 0.4) is 0 Å². The summed E-state index contributed by atoms with van der Waals surface area (Å²) in [4.78, 5) is 16.1. The Balaban J connectivity index is 1.90. The highest BCUT2D eigenvalue weighted by atomic mass is 16.5. The zero-order valence-corrected chi connectivity index (χ0v) is 11.5. The third-order valence-corrected chi connectivity index (χ3v) is 2.93. The lowest BCUT2D eigenvalue weighted by Gasteiger charge is -2.17. The second kappa shape index (κ2) is 6.27. The van der Waals surface area contributed by atoms with Crippen LogP contribution in [0.25, 0.3) is 0 Å². The summed E-state index contributed by atoms with van der Waals surface area (Å²) in [7, 11) is 1.99. The van der Waals surface area contributed by atoms with Crippen LogP contribution in [0.4, 0.5) is 0 Å². The molecule has 0 unspecified atom stereocenters. The van der Waals surface area contributed by atoms with Gasteiger partial charge in [0.15, 0.2) is 5.78 Å². The first kappa shape index (κ1) is 13.5. The summed E-state index contributed by atoms with van der Waals surface area (Å²) in [5, 5.41) is 0. The van der Waals surface area contributed by atoms with E-state index in [1.807, 2.05) is 53.5 Å². The topological polar surface area (TPSA) is 32.8 Å². The number of hydrogen-bond acceptors (Lipinski definition) is 4. The second-order valence-electron chi connectivity index (χ2n) is 4.74. The van der Waals surface area contributed by atoms with Gasteiger partial charge in [-0.3, -0.25) is 4.79 Å². The highest BCUT2D eigenvalue weighted by Crippen LogP contribution is 2.14. The quantitative estimate of drug-likeness (QED) is 0.735. The molecule has 1 aromatic rings. The number of hydrogen-bond donors (Lipinski definition) is 0. The molecule has 19 heavy (non-hydrogen) atoms. The van der Waals surface area contributed by atoms with Gasteiger partial charge in [-0.25, -0.2) is 0 Å². The molecule has 1 aliphatic rings. The molecule has 102 valence electrons. The Morgan fingerprint density at radius 3 is 2.58 bits per heavy atom. The molecule has 0 N–H and O–H groups in total. The maximum Gasteiger partial charge on any atom is 0.182 e. The minimum Gasteiger partial charge on any atom is -0.494 e. The van der Waals surface area contributed by atoms with E-state index in [1.165, 1.54) is 0 Å². The monoisotopic (exact) mass is 260 g/mol. The van der Waals surface area contributed by atoms with Gasteiger partial charge in [0.05, 0.1) is 19.8 Å². The predicted octanol–water partition coefficient (Wildman–Crippen LogP) is 2.33. The van der Waals surface area contributed by atoms with Crippen molar-refractivity contribution in [2.45, 2.75) is 13.3 Å². The Bertz CT molecular complexity index is 454. The summed E-state index contributed by atoms with van der Waals surface area (Å²) in [5.74, 6) is 0.946. The SMILES string of the molecule is CCCOc1ccc(C(=O)CN2C=CN(C)C2)cc1. The van der Waals surface area contributed by atoms with Crippen LogP contribution in [0.15, 0.2) is 36.7 Å². The van der Waals surface area contributed by atoms with Crippen molar-refractivity contribution in [2.75, 3.05) is 26.9 Å². The highest BCUT2D eigenvalue weighted by molar-refractivity contribution is 5.97. The van der Waals surface area contributed by atoms with Crippen molar-refractivity contribution < 1.29 is 9.53 Å². The molecule has 0 saturated carbocycles. The fourth-order valence-electron chi connectivity index (χ4n) is 1.92. The molecular formula is C15H20N2O2. The molecule has 4 nitrogen and oxygen atoms in total. The van der Waals surface area contributed by atoms with Gasteiger partial charge in [-0.05, 0) is 30.7 Å². The number of ketones is 1. The number of rotatable bonds is 6. The Labute approximate surface area is 114 Å². The van der Waals surface area contributed by atoms with E-state index in [2.05, 4.69) is 6.92 Å². The van der Waals surface area contributed by atoms with Crippen molar-refractivity contribution in [3.63, 3.8) is 0 Å². The smallest absolute Gasteiger partial charge is 0.182 e. The van der Waals surface area contributed by atoms with Gasteiger partial charge in [-0.15, -0.1) is 0 Å². The average Bonchev–Trinajstić information content (AvgIpc) is 2.82. The molecule has 0 atom stereocenters. The van der Waals surface area contributed by atoms with Gasteiger partial charge in [0.25, 0.3) is 0 Å². The van der Waals surface area contributed by atoms with Gasteiger partial charge < -0.3 is 14.5 Å². The van der Waals surface area contributed by atoms with Gasteiger partial charge in [0, 0.05) is 25.0 Å². The van der Waals surface area contributed by atoms with Crippen LogP contribution in [-0.4, -0.2) is 42.5 Å². The molecule has 0 fully saturated rings. The first-order valence-corrected chi connectivity index (χ1v) is 6.57. The van der Waals surface area contributed by atoms with Crippen molar-refractivity contribution >= 4 is 5.78 Å². The van der Waals surface area contributed by atoms with Gasteiger partial charge >= 0.3 is 0 Å². The lowest BCUT2D eigenvalue weighted by atomic mass is 10.1. The molecule has 0 spiro atoms. The zero-order chi connectivity index (χ0) is 13.7. The van der Waals surface area contributed by atoms with Crippen LogP contribution in [0.1, 0.15) is 23.7 Å². The number of ether oxygens (including phenoxy) is 1. The van der Waals surface area contributed by atoms with Crippen molar-refractivity contribution in [1.82, 2.24) is 9.80 Å². The van der Waals surface area contributed by atoms with Gasteiger partial charge in [-0.2, -0.15) is 0 Å². The number of carbonyl (C=O) groups excluding carboxylic acids is 1. The van der Waals surface area contributed by atoms with Crippen LogP contribution in [0.5, 0.6) is 5.75 Å². The fraction of sp³-hybridized carbons (Fsp3) is 0.400. The third-order valence-electron chi connectivity index (χ3n) is 2.93. The molecule has 0 aromatic heterocycles. The highest BCUT2D eigenvalue weighted by Gasteiger charge is 2.14. The van der Waals surface area contributed by atoms with E-state index in [0.29, 0.717) is 13.2 Å². The first-order valence-electron chi connectivity index (χ1n) is 6.57. The van der Waals surface area contributed by atoms with Crippen LogP contribution >= 0.6 is 0 Å². The van der Waals surface area contributed by atoms with E-state index in [0.717, 1.165) is 24.4 Å². The standard InChI is InChI=1S/C15H20N2O2/c1-3-10-19-14-6-4-13(5-7-14)15(18)11-17-9-8-16(2)12-17/h4-9H,3,10-12H2,1-2H3. The molecular weight excluding hydrogens is 240 g/mol. The van der Waals surface area contributed by atoms with Crippen LogP contribution in [-0.2, 0) is 0 Å². The average molecular weight is 260 g/mol. The Morgan fingerprint density at radius 1 is 1.26 bits per heavy atom. The summed E-state index contributed by atoms with van der Waals surface area (Å²) < 4.78 is 5.50. The summed E-state index contributed by atoms with van der Waals surface area (Å²) >= 11 is 0. The van der Waals surface area contributed by atoms with E-state index in [-0.39, 0.29) is 5.78 Å². The molecule has 1 aliphatic heterocycles. The van der Waals surface area contributed by atoms with E-state index < -0.39 is 0 Å². The number of nitrogens with zero attached hydrogens (tertiary/aromatic N) is 2. The van der Waals surface area contributed by atoms with Crippen molar-refractivity contribution in [3.8, 4) is 5.75 Å². The van der Waals surface area contributed by atoms with E-state index in [9.17, 15) is 4.79 Å². The van der Waals surface area contributed by atoms with Gasteiger partial charge in [0.2, 0.25) is 0 Å². The van der Waals surface area contributed by atoms with Gasteiger partial charge in [0.1, 0.15) is 5.75 Å². The first-order chi connectivity index (χ1) is 9.19. The molecule has 1 heterocycles. The largest absolute Gasteiger partial charge is 0.494 e. The lowest BCUT2D eigenvalue weighted by Crippen LogP contribution is -2.27. The maximum atomic E-state index is 12.1. The molecule has 0 radical (unpaired) electrons. The van der Waals surface area contributed by atoms with Crippen molar-refractivity contribution in [3.05, 3.63) is 42.2 Å². The summed E-state index contributed by atoms with van der Waals surface area (Å²) in [6.45, 7) is 3.95. The number of carbonyl (C=O) groups is 1. The molecule has 1 aromatic carbocycles. The minimum atomic E-state index is 0.127. The van der Waals surface area contributed by atoms with Crippen molar-refractivity contribution in [1.29, 1.82) is 0 Å². The molecule has 4 heteroatoms. The molecule has 0 bridgehead atoms. The fourth-order valence-corrected chi connectivity index (χ4v) is 1.92. The molecule has 2 rings (SSSR count). The predicted molar refractivity (Wildman–Crippen MR) is 75.0 cm³/mol. The van der Waals surface area contributed by atoms with Crippen LogP contribution < -0.4 is 4.74 Å². The number of Topliss-reactive ketones (excluding diaryl/α,β-unsaturated/α-hetero) is 1. The summed E-state index contributed by atoms with van der Waals surface area (Å²) in [6.07, 6.45) is 4.89. The minimum absolute atomic E-state index is 0.127. The van der Waals surface area contributed by atoms with E-state index >= 15 is 0 Å². The normalized spacial score (nSPS) is 14.0. The Kier molecular flexibility index (Phi) is 4.44. The van der Waals surface area contributed by atoms with E-state index in [4.69, 9.17) is 4.74 Å². The zero-order valence-electron chi connectivity index (χ0n) is 11.5. The summed E-state index contributed by atoms with van der Waals surface area (Å²) in [6, 6.07) is 7.37. The Morgan fingerprint density at radius 2 is 2.00 bits per heavy atom. The van der Waals surface area contributed by atoms with Gasteiger partial charge in [-0.1, -0.05) is 6.92 Å². The lowest BCUT2D eigenvalue weighted by molar-refractivity contribution is 0.0948. The molecule has 0 saturated heterocycles. The number of benzene rings is 1. The van der Waals surface area contributed by atoms with E-state index in [1.54, 1.807) is 0 Å². The summed E-state index contributed by atoms with van der Waals surface area (Å²) in [5.41, 5.74) is 0.729. The molecule has 0 amide bonds. The van der Waals surface area contributed by atoms with Crippen LogP contribution in [0, 0.1) is 0 Å². The third kappa shape index (κ3) is 3.74. The maximum absolute atomic E-state index is 12.1. The molecule has 0 aliphatic carbocycles. The van der Waals surface area contributed by atoms with Crippen molar-refractivity contribution in [2.24, 2.45) is 0 Å². The van der Waals surface area contributed by atoms with Crippen LogP contribution in [0.2, 0.25) is 0 Å². The second-order valence-corrected chi connectivity index (χ2v) is 4.74.